The van der Waals surface area contributed by atoms with Crippen molar-refractivity contribution in [3.05, 3.63) is 34.4 Å². The van der Waals surface area contributed by atoms with Crippen LogP contribution >= 0.6 is 19.2 Å². The fourth-order valence-electron chi connectivity index (χ4n) is 2.66. The first-order chi connectivity index (χ1) is 13.1. The van der Waals surface area contributed by atoms with Crippen LogP contribution in [0.3, 0.4) is 0 Å². The highest BCUT2D eigenvalue weighted by molar-refractivity contribution is 7.58. The number of rotatable bonds is 8. The molecule has 1 saturated heterocycles. The van der Waals surface area contributed by atoms with Gasteiger partial charge in [0.2, 0.25) is 5.57 Å². The van der Waals surface area contributed by atoms with Crippen LogP contribution in [0.5, 0.6) is 0 Å². The van der Waals surface area contributed by atoms with Crippen molar-refractivity contribution in [2.24, 2.45) is 0 Å². The van der Waals surface area contributed by atoms with Crippen molar-refractivity contribution in [3.8, 4) is 0 Å². The smallest absolute Gasteiger partial charge is 0.386 e. The van der Waals surface area contributed by atoms with E-state index in [0.29, 0.717) is 6.08 Å². The van der Waals surface area contributed by atoms with E-state index in [0.717, 1.165) is 10.8 Å². The van der Waals surface area contributed by atoms with Crippen LogP contribution in [0.1, 0.15) is 20.1 Å². The third-order valence-corrected chi connectivity index (χ3v) is 6.24. The summed E-state index contributed by atoms with van der Waals surface area (Å²) < 4.78 is 58.0. The summed E-state index contributed by atoms with van der Waals surface area (Å²) in [6, 6.07) is 1.22. The Labute approximate surface area is 164 Å². The van der Waals surface area contributed by atoms with Gasteiger partial charge in [-0.25, -0.2) is 9.18 Å². The zero-order valence-corrected chi connectivity index (χ0v) is 16.8. The number of halogens is 3. The topological polar surface area (TPSA) is 126 Å². The highest BCUT2D eigenvalue weighted by Gasteiger charge is 2.56. The zero-order valence-electron chi connectivity index (χ0n) is 15.1. The van der Waals surface area contributed by atoms with Crippen molar-refractivity contribution in [1.82, 2.24) is 9.55 Å². The van der Waals surface area contributed by atoms with Gasteiger partial charge < -0.3 is 24.6 Å². The van der Waals surface area contributed by atoms with Gasteiger partial charge in [0.1, 0.15) is 17.5 Å². The molecule has 0 amide bonds. The molecule has 3 N–H and O–H groups in total. The lowest BCUT2D eigenvalue weighted by Gasteiger charge is -2.27. The number of aromatic nitrogens is 2. The number of nitrogens with zero attached hydrogens (tertiary/aromatic N) is 2. The standard InChI is InChI=1S/C15H21ClF2N3O6P/c1-3-25-28(24,26-4-2)9(17)7-15(8-16)12(22)11(18)13(27-15)21-6-5-10(19)20-14(21)23/h5-7,11-13,22H,3-4,8H2,1-2H3,(H2,19,20,23)/t11-,12+,13-,15+/m1/s1. The minimum absolute atomic E-state index is 0.0980. The molecule has 1 fully saturated rings. The molecule has 0 saturated carbocycles. The minimum Gasteiger partial charge on any atom is -0.386 e. The van der Waals surface area contributed by atoms with E-state index in [4.69, 9.17) is 31.1 Å². The summed E-state index contributed by atoms with van der Waals surface area (Å²) >= 11 is 5.83. The number of aliphatic hydroxyl groups is 1. The number of alkyl halides is 2. The van der Waals surface area contributed by atoms with Crippen molar-refractivity contribution in [3.63, 3.8) is 0 Å². The van der Waals surface area contributed by atoms with Crippen LogP contribution in [0, 0.1) is 0 Å². The van der Waals surface area contributed by atoms with Gasteiger partial charge in [-0.3, -0.25) is 9.13 Å². The molecular formula is C15H21ClF2N3O6P. The molecule has 4 atom stereocenters. The average molecular weight is 444 g/mol. The molecule has 2 rings (SSSR count). The molecule has 158 valence electrons. The van der Waals surface area contributed by atoms with E-state index < -0.39 is 48.8 Å². The Morgan fingerprint density at radius 1 is 1.54 bits per heavy atom. The summed E-state index contributed by atoms with van der Waals surface area (Å²) in [5.41, 5.74) is 0.915. The molecule has 0 aromatic carbocycles. The Hall–Kier alpha value is -1.36. The number of hydrogen-bond donors (Lipinski definition) is 2. The summed E-state index contributed by atoms with van der Waals surface area (Å²) in [5.74, 6) is -0.715. The molecule has 13 heteroatoms. The van der Waals surface area contributed by atoms with Crippen molar-refractivity contribution in [1.29, 1.82) is 0 Å². The fraction of sp³-hybridized carbons (Fsp3) is 0.600. The predicted octanol–water partition coefficient (Wildman–Crippen LogP) is 2.11. The molecule has 0 unspecified atom stereocenters. The Bertz CT molecular complexity index is 830. The summed E-state index contributed by atoms with van der Waals surface area (Å²) in [6.45, 7) is 2.70. The maximum Gasteiger partial charge on any atom is 0.389 e. The van der Waals surface area contributed by atoms with E-state index in [2.05, 4.69) is 4.98 Å². The minimum atomic E-state index is -4.35. The second kappa shape index (κ2) is 8.98. The van der Waals surface area contributed by atoms with Crippen LogP contribution in [-0.4, -0.2) is 51.6 Å². The number of nitrogens with two attached hydrogens (primary N) is 1. The van der Waals surface area contributed by atoms with Crippen LogP contribution in [0.25, 0.3) is 0 Å². The largest absolute Gasteiger partial charge is 0.389 e. The fourth-order valence-corrected chi connectivity index (χ4v) is 4.34. The van der Waals surface area contributed by atoms with Gasteiger partial charge in [0.25, 0.3) is 0 Å². The lowest BCUT2D eigenvalue weighted by Crippen LogP contribution is -2.42. The third-order valence-electron chi connectivity index (χ3n) is 3.97. The zero-order chi connectivity index (χ0) is 21.1. The molecule has 0 aliphatic carbocycles. The number of hydrogen-bond acceptors (Lipinski definition) is 8. The van der Waals surface area contributed by atoms with E-state index in [1.807, 2.05) is 0 Å². The number of nitrogen functional groups attached to an aromatic ring is 1. The van der Waals surface area contributed by atoms with Gasteiger partial charge in [-0.05, 0) is 26.0 Å². The molecule has 1 aromatic rings. The maximum atomic E-state index is 14.7. The van der Waals surface area contributed by atoms with E-state index in [1.54, 1.807) is 0 Å². The van der Waals surface area contributed by atoms with Crippen molar-refractivity contribution >= 4 is 25.0 Å². The van der Waals surface area contributed by atoms with Gasteiger partial charge in [-0.15, -0.1) is 11.6 Å². The van der Waals surface area contributed by atoms with Crippen molar-refractivity contribution in [2.75, 3.05) is 24.8 Å². The monoisotopic (exact) mass is 443 g/mol. The Kier molecular flexibility index (Phi) is 7.35. The van der Waals surface area contributed by atoms with Crippen LogP contribution in [0.4, 0.5) is 14.6 Å². The summed E-state index contributed by atoms with van der Waals surface area (Å²) in [7, 11) is -4.35. The van der Waals surface area contributed by atoms with Gasteiger partial charge in [0, 0.05) is 6.20 Å². The van der Waals surface area contributed by atoms with E-state index in [1.165, 1.54) is 19.9 Å². The van der Waals surface area contributed by atoms with E-state index in [9.17, 15) is 23.2 Å². The molecule has 0 bridgehead atoms. The Morgan fingerprint density at radius 3 is 2.64 bits per heavy atom. The lowest BCUT2D eigenvalue weighted by molar-refractivity contribution is -0.0616. The molecule has 0 radical (unpaired) electrons. The number of anilines is 1. The average Bonchev–Trinajstić information content (AvgIpc) is 2.88. The highest BCUT2D eigenvalue weighted by atomic mass is 35.5. The molecule has 1 aliphatic rings. The van der Waals surface area contributed by atoms with E-state index in [-0.39, 0.29) is 19.0 Å². The van der Waals surface area contributed by atoms with Crippen molar-refractivity contribution in [2.45, 2.75) is 38.0 Å². The number of ether oxygens (including phenoxy) is 1. The second-order valence-electron chi connectivity index (χ2n) is 5.83. The lowest BCUT2D eigenvalue weighted by atomic mass is 9.98. The van der Waals surface area contributed by atoms with Gasteiger partial charge >= 0.3 is 13.3 Å². The first-order valence-corrected chi connectivity index (χ1v) is 10.4. The SMILES string of the molecule is CCOP(=O)(OCC)C(F)=C[C@@]1(CCl)O[C@@H](n2ccc(N)nc2=O)[C@H](F)[C@@H]1O. The van der Waals surface area contributed by atoms with Gasteiger partial charge in [-0.2, -0.15) is 9.37 Å². The van der Waals surface area contributed by atoms with Crippen molar-refractivity contribution < 1.29 is 32.2 Å². The quantitative estimate of drug-likeness (QED) is 0.462. The Morgan fingerprint density at radius 2 is 2.14 bits per heavy atom. The van der Waals surface area contributed by atoms with Crippen LogP contribution in [-0.2, 0) is 18.3 Å². The van der Waals surface area contributed by atoms with Crippen LogP contribution < -0.4 is 11.4 Å². The molecule has 2 heterocycles. The van der Waals surface area contributed by atoms with Crippen LogP contribution in [0.15, 0.2) is 28.7 Å². The number of aliphatic hydroxyl groups excluding tert-OH is 1. The molecule has 1 aliphatic heterocycles. The normalized spacial score (nSPS) is 28.6. The third kappa shape index (κ3) is 4.29. The molecule has 0 spiro atoms. The second-order valence-corrected chi connectivity index (χ2v) is 8.03. The van der Waals surface area contributed by atoms with E-state index >= 15 is 0 Å². The Balaban J connectivity index is 2.46. The molecular weight excluding hydrogens is 423 g/mol. The van der Waals surface area contributed by atoms with Crippen LogP contribution in [0.2, 0.25) is 0 Å². The molecule has 9 nitrogen and oxygen atoms in total. The highest BCUT2D eigenvalue weighted by Crippen LogP contribution is 2.58. The summed E-state index contributed by atoms with van der Waals surface area (Å²) in [4.78, 5) is 15.4. The van der Waals surface area contributed by atoms with Gasteiger partial charge in [0.15, 0.2) is 12.4 Å². The van der Waals surface area contributed by atoms with Gasteiger partial charge in [0.05, 0.1) is 19.1 Å². The predicted molar refractivity (Wildman–Crippen MR) is 97.4 cm³/mol. The van der Waals surface area contributed by atoms with Gasteiger partial charge in [-0.1, -0.05) is 0 Å². The first-order valence-electron chi connectivity index (χ1n) is 8.32. The molecule has 28 heavy (non-hydrogen) atoms. The summed E-state index contributed by atoms with van der Waals surface area (Å²) in [5, 5.41) is 10.3. The molecule has 1 aromatic heterocycles. The first kappa shape index (κ1) is 22.9. The summed E-state index contributed by atoms with van der Waals surface area (Å²) in [6.07, 6.45) is -4.15. The maximum absolute atomic E-state index is 14.7.